The molecule has 1 fully saturated rings. The molecular formula is C24H44O4. The molecular weight excluding hydrogens is 352 g/mol. The molecule has 0 aromatic rings. The third kappa shape index (κ3) is 9.43. The lowest BCUT2D eigenvalue weighted by Crippen LogP contribution is -2.26. The summed E-state index contributed by atoms with van der Waals surface area (Å²) >= 11 is 0. The molecule has 1 rings (SSSR count). The Bertz CT molecular complexity index is 386. The highest BCUT2D eigenvalue weighted by Crippen LogP contribution is 2.30. The van der Waals surface area contributed by atoms with Crippen LogP contribution in [0.5, 0.6) is 0 Å². The Morgan fingerprint density at radius 2 is 1.07 bits per heavy atom. The first kappa shape index (κ1) is 25.0. The minimum Gasteiger partial charge on any atom is -0.465 e. The van der Waals surface area contributed by atoms with E-state index in [9.17, 15) is 9.59 Å². The third-order valence-electron chi connectivity index (χ3n) is 6.35. The Balaban J connectivity index is 2.24. The van der Waals surface area contributed by atoms with Gasteiger partial charge in [-0.2, -0.15) is 0 Å². The maximum atomic E-state index is 12.3. The number of unbranched alkanes of at least 4 members (excludes halogenated alkanes) is 2. The van der Waals surface area contributed by atoms with Crippen molar-refractivity contribution in [3.8, 4) is 0 Å². The van der Waals surface area contributed by atoms with Crippen molar-refractivity contribution in [3.05, 3.63) is 0 Å². The predicted molar refractivity (Wildman–Crippen MR) is 114 cm³/mol. The lowest BCUT2D eigenvalue weighted by atomic mass is 9.83. The van der Waals surface area contributed by atoms with Gasteiger partial charge in [0.15, 0.2) is 0 Å². The zero-order valence-corrected chi connectivity index (χ0v) is 18.8. The summed E-state index contributed by atoms with van der Waals surface area (Å²) in [4.78, 5) is 24.5. The van der Waals surface area contributed by atoms with Gasteiger partial charge >= 0.3 is 11.9 Å². The van der Waals surface area contributed by atoms with Gasteiger partial charge in [0.05, 0.1) is 25.0 Å². The molecule has 0 heterocycles. The van der Waals surface area contributed by atoms with E-state index >= 15 is 0 Å². The lowest BCUT2D eigenvalue weighted by molar-refractivity contribution is -0.153. The number of hydrogen-bond acceptors (Lipinski definition) is 4. The fourth-order valence-corrected chi connectivity index (χ4v) is 4.08. The normalized spacial score (nSPS) is 21.7. The van der Waals surface area contributed by atoms with Crippen LogP contribution in [0.25, 0.3) is 0 Å². The van der Waals surface area contributed by atoms with Crippen molar-refractivity contribution < 1.29 is 19.1 Å². The van der Waals surface area contributed by atoms with E-state index in [-0.39, 0.29) is 23.8 Å². The molecule has 1 aliphatic carbocycles. The van der Waals surface area contributed by atoms with E-state index in [4.69, 9.17) is 9.47 Å². The standard InChI is InChI=1S/C24H44O4/c1-5-9-11-21(7-3)23(25)27-17-19-13-15-20(16-14-19)18-28-24(26)22(8-4)12-10-6-2/h19-22H,5-18H2,1-4H3. The van der Waals surface area contributed by atoms with Crippen LogP contribution >= 0.6 is 0 Å². The number of hydrogen-bond donors (Lipinski definition) is 0. The highest BCUT2D eigenvalue weighted by atomic mass is 16.5. The molecule has 0 aliphatic heterocycles. The first-order chi connectivity index (χ1) is 13.5. The molecule has 4 heteroatoms. The van der Waals surface area contributed by atoms with Gasteiger partial charge in [0, 0.05) is 0 Å². The van der Waals surface area contributed by atoms with Crippen molar-refractivity contribution >= 4 is 11.9 Å². The van der Waals surface area contributed by atoms with Crippen LogP contribution in [0, 0.1) is 23.7 Å². The summed E-state index contributed by atoms with van der Waals surface area (Å²) in [5, 5.41) is 0. The molecule has 2 unspecified atom stereocenters. The van der Waals surface area contributed by atoms with E-state index in [1.165, 1.54) is 0 Å². The van der Waals surface area contributed by atoms with E-state index in [0.29, 0.717) is 25.0 Å². The number of carbonyl (C=O) groups is 2. The summed E-state index contributed by atoms with van der Waals surface area (Å²) in [5.74, 6) is 1.04. The van der Waals surface area contributed by atoms with Gasteiger partial charge in [-0.05, 0) is 63.2 Å². The van der Waals surface area contributed by atoms with E-state index in [2.05, 4.69) is 27.7 Å². The van der Waals surface area contributed by atoms with Crippen molar-refractivity contribution in [2.45, 2.75) is 105 Å². The van der Waals surface area contributed by atoms with Gasteiger partial charge in [-0.1, -0.05) is 53.4 Å². The summed E-state index contributed by atoms with van der Waals surface area (Å²) in [6.07, 6.45) is 12.3. The molecule has 0 aromatic heterocycles. The Hall–Kier alpha value is -1.06. The van der Waals surface area contributed by atoms with E-state index in [0.717, 1.165) is 77.0 Å². The Kier molecular flexibility index (Phi) is 13.3. The van der Waals surface area contributed by atoms with Crippen LogP contribution in [0.1, 0.15) is 105 Å². The molecule has 0 amide bonds. The first-order valence-corrected chi connectivity index (χ1v) is 11.9. The van der Waals surface area contributed by atoms with Crippen LogP contribution in [-0.4, -0.2) is 25.2 Å². The molecule has 0 aromatic carbocycles. The number of ether oxygens (including phenoxy) is 2. The topological polar surface area (TPSA) is 52.6 Å². The Morgan fingerprint density at radius 3 is 1.36 bits per heavy atom. The second-order valence-electron chi connectivity index (χ2n) is 8.64. The highest BCUT2D eigenvalue weighted by molar-refractivity contribution is 5.72. The fourth-order valence-electron chi connectivity index (χ4n) is 4.08. The summed E-state index contributed by atoms with van der Waals surface area (Å²) in [7, 11) is 0. The molecule has 0 spiro atoms. The maximum absolute atomic E-state index is 12.3. The molecule has 28 heavy (non-hydrogen) atoms. The summed E-state index contributed by atoms with van der Waals surface area (Å²) in [5.41, 5.74) is 0. The monoisotopic (exact) mass is 396 g/mol. The molecule has 2 atom stereocenters. The zero-order chi connectivity index (χ0) is 20.8. The van der Waals surface area contributed by atoms with Gasteiger partial charge in [0.2, 0.25) is 0 Å². The Labute approximate surface area is 173 Å². The summed E-state index contributed by atoms with van der Waals surface area (Å²) in [6.45, 7) is 9.56. The molecule has 164 valence electrons. The van der Waals surface area contributed by atoms with Crippen molar-refractivity contribution in [2.24, 2.45) is 23.7 Å². The molecule has 0 saturated heterocycles. The largest absolute Gasteiger partial charge is 0.465 e. The first-order valence-electron chi connectivity index (χ1n) is 11.9. The maximum Gasteiger partial charge on any atom is 0.308 e. The summed E-state index contributed by atoms with van der Waals surface area (Å²) < 4.78 is 11.2. The van der Waals surface area contributed by atoms with Crippen molar-refractivity contribution in [2.75, 3.05) is 13.2 Å². The van der Waals surface area contributed by atoms with Crippen LogP contribution in [0.3, 0.4) is 0 Å². The van der Waals surface area contributed by atoms with Crippen molar-refractivity contribution in [1.82, 2.24) is 0 Å². The number of esters is 2. The second kappa shape index (κ2) is 14.9. The van der Waals surface area contributed by atoms with Crippen LogP contribution < -0.4 is 0 Å². The molecule has 4 nitrogen and oxygen atoms in total. The quantitative estimate of drug-likeness (QED) is 0.323. The van der Waals surface area contributed by atoms with Gasteiger partial charge in [-0.25, -0.2) is 0 Å². The second-order valence-corrected chi connectivity index (χ2v) is 8.64. The van der Waals surface area contributed by atoms with Crippen molar-refractivity contribution in [3.63, 3.8) is 0 Å². The third-order valence-corrected chi connectivity index (χ3v) is 6.35. The molecule has 1 saturated carbocycles. The molecule has 1 aliphatic rings. The van der Waals surface area contributed by atoms with Crippen LogP contribution in [0.15, 0.2) is 0 Å². The van der Waals surface area contributed by atoms with Gasteiger partial charge in [-0.15, -0.1) is 0 Å². The lowest BCUT2D eigenvalue weighted by Gasteiger charge is -2.28. The predicted octanol–water partition coefficient (Wildman–Crippen LogP) is 6.31. The smallest absolute Gasteiger partial charge is 0.308 e. The van der Waals surface area contributed by atoms with E-state index in [1.807, 2.05) is 0 Å². The van der Waals surface area contributed by atoms with Gasteiger partial charge in [-0.3, -0.25) is 9.59 Å². The van der Waals surface area contributed by atoms with E-state index < -0.39 is 0 Å². The average molecular weight is 397 g/mol. The fraction of sp³-hybridized carbons (Fsp3) is 0.917. The Morgan fingerprint density at radius 1 is 0.714 bits per heavy atom. The van der Waals surface area contributed by atoms with Gasteiger partial charge in [0.1, 0.15) is 0 Å². The minimum absolute atomic E-state index is 0.00955. The minimum atomic E-state index is -0.00955. The van der Waals surface area contributed by atoms with Crippen LogP contribution in [0.2, 0.25) is 0 Å². The van der Waals surface area contributed by atoms with Crippen LogP contribution in [-0.2, 0) is 19.1 Å². The molecule has 0 bridgehead atoms. The summed E-state index contributed by atoms with van der Waals surface area (Å²) in [6, 6.07) is 0. The average Bonchev–Trinajstić information content (AvgIpc) is 2.72. The highest BCUT2D eigenvalue weighted by Gasteiger charge is 2.26. The van der Waals surface area contributed by atoms with Gasteiger partial charge < -0.3 is 9.47 Å². The van der Waals surface area contributed by atoms with Crippen LogP contribution in [0.4, 0.5) is 0 Å². The van der Waals surface area contributed by atoms with Crippen molar-refractivity contribution in [1.29, 1.82) is 0 Å². The van der Waals surface area contributed by atoms with Gasteiger partial charge in [0.25, 0.3) is 0 Å². The number of rotatable bonds is 14. The SMILES string of the molecule is CCCCC(CC)C(=O)OCC1CCC(COC(=O)C(CC)CCCC)CC1. The van der Waals surface area contributed by atoms with E-state index in [1.54, 1.807) is 0 Å². The molecule has 0 radical (unpaired) electrons. The zero-order valence-electron chi connectivity index (χ0n) is 18.8. The number of carbonyl (C=O) groups excluding carboxylic acids is 2. The molecule has 0 N–H and O–H groups in total.